The summed E-state index contributed by atoms with van der Waals surface area (Å²) in [4.78, 5) is 0. The molecule has 2 heteroatoms. The fraction of sp³-hybridized carbons (Fsp3) is 0.500. The molecule has 14 heavy (non-hydrogen) atoms. The van der Waals surface area contributed by atoms with Gasteiger partial charge in [0.15, 0.2) is 0 Å². The SMILES string of the molecule is Cc1ccc(OCCC(C)C)cc1Cl. The molecule has 1 nitrogen and oxygen atoms in total. The van der Waals surface area contributed by atoms with Crippen LogP contribution < -0.4 is 4.74 Å². The first-order valence-corrected chi connectivity index (χ1v) is 5.36. The number of aryl methyl sites for hydroxylation is 1. The Bertz CT molecular complexity index is 294. The third kappa shape index (κ3) is 3.59. The Labute approximate surface area is 91.0 Å². The second-order valence-electron chi connectivity index (χ2n) is 3.94. The number of ether oxygens (including phenoxy) is 1. The van der Waals surface area contributed by atoms with Crippen LogP contribution in [0, 0.1) is 12.8 Å². The van der Waals surface area contributed by atoms with Crippen LogP contribution in [-0.4, -0.2) is 6.61 Å². The molecule has 0 aliphatic heterocycles. The summed E-state index contributed by atoms with van der Waals surface area (Å²) in [7, 11) is 0. The maximum absolute atomic E-state index is 5.98. The lowest BCUT2D eigenvalue weighted by Crippen LogP contribution is -2.01. The quantitative estimate of drug-likeness (QED) is 0.731. The van der Waals surface area contributed by atoms with Crippen molar-refractivity contribution in [3.05, 3.63) is 28.8 Å². The van der Waals surface area contributed by atoms with Gasteiger partial charge in [-0.2, -0.15) is 0 Å². The molecule has 0 unspecified atom stereocenters. The predicted octanol–water partition coefficient (Wildman–Crippen LogP) is 4.07. The summed E-state index contributed by atoms with van der Waals surface area (Å²) in [5.41, 5.74) is 1.09. The highest BCUT2D eigenvalue weighted by Crippen LogP contribution is 2.21. The monoisotopic (exact) mass is 212 g/mol. The highest BCUT2D eigenvalue weighted by molar-refractivity contribution is 6.31. The van der Waals surface area contributed by atoms with Crippen LogP contribution >= 0.6 is 11.6 Å². The Balaban J connectivity index is 2.47. The Hall–Kier alpha value is -0.690. The van der Waals surface area contributed by atoms with Gasteiger partial charge in [-0.3, -0.25) is 0 Å². The van der Waals surface area contributed by atoms with Gasteiger partial charge in [0, 0.05) is 5.02 Å². The molecule has 0 atom stereocenters. The molecule has 1 aromatic rings. The molecule has 0 bridgehead atoms. The van der Waals surface area contributed by atoms with Gasteiger partial charge in [0.2, 0.25) is 0 Å². The van der Waals surface area contributed by atoms with E-state index in [1.54, 1.807) is 0 Å². The van der Waals surface area contributed by atoms with E-state index in [-0.39, 0.29) is 0 Å². The van der Waals surface area contributed by atoms with Crippen LogP contribution in [0.15, 0.2) is 18.2 Å². The average Bonchev–Trinajstić information content (AvgIpc) is 2.10. The molecule has 0 heterocycles. The molecule has 1 rings (SSSR count). The first kappa shape index (κ1) is 11.4. The van der Waals surface area contributed by atoms with E-state index in [0.29, 0.717) is 5.92 Å². The molecule has 0 N–H and O–H groups in total. The Kier molecular flexibility index (Phi) is 4.27. The number of halogens is 1. The third-order valence-corrected chi connectivity index (χ3v) is 2.51. The van der Waals surface area contributed by atoms with Crippen LogP contribution in [0.25, 0.3) is 0 Å². The minimum absolute atomic E-state index is 0.677. The van der Waals surface area contributed by atoms with Crippen molar-refractivity contribution in [2.45, 2.75) is 27.2 Å². The fourth-order valence-corrected chi connectivity index (χ4v) is 1.25. The zero-order chi connectivity index (χ0) is 10.6. The smallest absolute Gasteiger partial charge is 0.120 e. The highest BCUT2D eigenvalue weighted by Gasteiger charge is 1.99. The molecule has 0 fully saturated rings. The van der Waals surface area contributed by atoms with Crippen molar-refractivity contribution < 1.29 is 4.74 Å². The number of hydrogen-bond donors (Lipinski definition) is 0. The van der Waals surface area contributed by atoms with Gasteiger partial charge >= 0.3 is 0 Å². The normalized spacial score (nSPS) is 10.6. The van der Waals surface area contributed by atoms with E-state index in [4.69, 9.17) is 16.3 Å². The first-order valence-electron chi connectivity index (χ1n) is 4.98. The van der Waals surface area contributed by atoms with Crippen LogP contribution in [-0.2, 0) is 0 Å². The van der Waals surface area contributed by atoms with Gasteiger partial charge in [0.25, 0.3) is 0 Å². The maximum Gasteiger partial charge on any atom is 0.120 e. The lowest BCUT2D eigenvalue weighted by molar-refractivity contribution is 0.289. The Morgan fingerprint density at radius 3 is 2.64 bits per heavy atom. The van der Waals surface area contributed by atoms with Crippen molar-refractivity contribution in [3.63, 3.8) is 0 Å². The lowest BCUT2D eigenvalue weighted by atomic mass is 10.1. The van der Waals surface area contributed by atoms with Crippen LogP contribution in [0.5, 0.6) is 5.75 Å². The second kappa shape index (κ2) is 5.26. The molecule has 0 aliphatic carbocycles. The average molecular weight is 213 g/mol. The van der Waals surface area contributed by atoms with Gasteiger partial charge in [-0.25, -0.2) is 0 Å². The predicted molar refractivity (Wildman–Crippen MR) is 61.1 cm³/mol. The second-order valence-corrected chi connectivity index (χ2v) is 4.35. The topological polar surface area (TPSA) is 9.23 Å². The van der Waals surface area contributed by atoms with Crippen LogP contribution in [0.1, 0.15) is 25.8 Å². The van der Waals surface area contributed by atoms with Crippen molar-refractivity contribution in [1.82, 2.24) is 0 Å². The van der Waals surface area contributed by atoms with E-state index < -0.39 is 0 Å². The van der Waals surface area contributed by atoms with E-state index in [1.807, 2.05) is 25.1 Å². The van der Waals surface area contributed by atoms with Crippen molar-refractivity contribution in [3.8, 4) is 5.75 Å². The Morgan fingerprint density at radius 1 is 1.36 bits per heavy atom. The molecule has 0 amide bonds. The fourth-order valence-electron chi connectivity index (χ4n) is 1.08. The van der Waals surface area contributed by atoms with Crippen LogP contribution in [0.3, 0.4) is 0 Å². The summed E-state index contributed by atoms with van der Waals surface area (Å²) in [6, 6.07) is 5.81. The van der Waals surface area contributed by atoms with Gasteiger partial charge in [-0.1, -0.05) is 31.5 Å². The first-order chi connectivity index (χ1) is 6.59. The van der Waals surface area contributed by atoms with Crippen LogP contribution in [0.2, 0.25) is 5.02 Å². The van der Waals surface area contributed by atoms with E-state index in [0.717, 1.165) is 29.4 Å². The van der Waals surface area contributed by atoms with E-state index in [2.05, 4.69) is 13.8 Å². The summed E-state index contributed by atoms with van der Waals surface area (Å²) in [6.45, 7) is 7.12. The van der Waals surface area contributed by atoms with Gasteiger partial charge < -0.3 is 4.74 Å². The Morgan fingerprint density at radius 2 is 2.07 bits per heavy atom. The molecule has 0 radical (unpaired) electrons. The van der Waals surface area contributed by atoms with Crippen molar-refractivity contribution in [1.29, 1.82) is 0 Å². The zero-order valence-electron chi connectivity index (χ0n) is 9.01. The van der Waals surface area contributed by atoms with E-state index in [1.165, 1.54) is 0 Å². The maximum atomic E-state index is 5.98. The van der Waals surface area contributed by atoms with Crippen molar-refractivity contribution >= 4 is 11.6 Å². The molecular formula is C12H17ClO. The molecule has 0 aromatic heterocycles. The standard InChI is InChI=1S/C12H17ClO/c1-9(2)6-7-14-11-5-4-10(3)12(13)8-11/h4-5,8-9H,6-7H2,1-3H3. The molecule has 0 saturated carbocycles. The molecule has 0 saturated heterocycles. The largest absolute Gasteiger partial charge is 0.494 e. The minimum atomic E-state index is 0.677. The zero-order valence-corrected chi connectivity index (χ0v) is 9.77. The third-order valence-electron chi connectivity index (χ3n) is 2.11. The molecule has 0 aliphatic rings. The van der Waals surface area contributed by atoms with Crippen LogP contribution in [0.4, 0.5) is 0 Å². The van der Waals surface area contributed by atoms with Gasteiger partial charge in [-0.15, -0.1) is 0 Å². The highest BCUT2D eigenvalue weighted by atomic mass is 35.5. The van der Waals surface area contributed by atoms with Gasteiger partial charge in [0.1, 0.15) is 5.75 Å². The van der Waals surface area contributed by atoms with E-state index >= 15 is 0 Å². The molecule has 78 valence electrons. The van der Waals surface area contributed by atoms with Crippen molar-refractivity contribution in [2.24, 2.45) is 5.92 Å². The molecular weight excluding hydrogens is 196 g/mol. The number of benzene rings is 1. The summed E-state index contributed by atoms with van der Waals surface area (Å²) in [6.07, 6.45) is 1.07. The van der Waals surface area contributed by atoms with E-state index in [9.17, 15) is 0 Å². The molecule has 0 spiro atoms. The summed E-state index contributed by atoms with van der Waals surface area (Å²) >= 11 is 5.98. The van der Waals surface area contributed by atoms with Crippen molar-refractivity contribution in [2.75, 3.05) is 6.61 Å². The summed E-state index contributed by atoms with van der Waals surface area (Å²) in [5.74, 6) is 1.54. The van der Waals surface area contributed by atoms with Gasteiger partial charge in [0.05, 0.1) is 6.61 Å². The summed E-state index contributed by atoms with van der Waals surface area (Å²) in [5, 5.41) is 0.770. The number of hydrogen-bond acceptors (Lipinski definition) is 1. The number of rotatable bonds is 4. The minimum Gasteiger partial charge on any atom is -0.494 e. The summed E-state index contributed by atoms with van der Waals surface area (Å²) < 4.78 is 5.57. The van der Waals surface area contributed by atoms with Gasteiger partial charge in [-0.05, 0) is 37.0 Å². The lowest BCUT2D eigenvalue weighted by Gasteiger charge is -2.08. The molecule has 1 aromatic carbocycles.